The first-order chi connectivity index (χ1) is 8.09. The molecule has 1 aliphatic heterocycles. The quantitative estimate of drug-likeness (QED) is 0.838. The van der Waals surface area contributed by atoms with Crippen LogP contribution >= 0.6 is 0 Å². The predicted octanol–water partition coefficient (Wildman–Crippen LogP) is 0.791. The molecule has 0 spiro atoms. The number of hydrogen-bond donors (Lipinski definition) is 2. The van der Waals surface area contributed by atoms with Gasteiger partial charge in [-0.25, -0.2) is 0 Å². The minimum atomic E-state index is -3.37. The Hall–Kier alpha value is -0.920. The van der Waals surface area contributed by atoms with Crippen molar-refractivity contribution in [2.75, 3.05) is 13.1 Å². The molecule has 1 aromatic heterocycles. The molecule has 17 heavy (non-hydrogen) atoms. The number of hydrogen-bond acceptors (Lipinski definition) is 3. The summed E-state index contributed by atoms with van der Waals surface area (Å²) in [6, 6.07) is -0.263. The van der Waals surface area contributed by atoms with Gasteiger partial charge in [0.05, 0.1) is 6.20 Å². The van der Waals surface area contributed by atoms with Crippen molar-refractivity contribution in [1.82, 2.24) is 19.2 Å². The monoisotopic (exact) mass is 258 g/mol. The molecule has 1 saturated heterocycles. The highest BCUT2D eigenvalue weighted by molar-refractivity contribution is 7.87. The number of nitrogens with zero attached hydrogens (tertiary/aromatic N) is 2. The summed E-state index contributed by atoms with van der Waals surface area (Å²) in [7, 11) is -3.37. The van der Waals surface area contributed by atoms with Crippen LogP contribution in [0.3, 0.4) is 0 Å². The third-order valence-electron chi connectivity index (χ3n) is 3.00. The van der Waals surface area contributed by atoms with Crippen LogP contribution in [0.2, 0.25) is 0 Å². The van der Waals surface area contributed by atoms with Crippen molar-refractivity contribution in [3.05, 3.63) is 18.0 Å². The van der Waals surface area contributed by atoms with Crippen molar-refractivity contribution in [3.8, 4) is 0 Å². The van der Waals surface area contributed by atoms with Gasteiger partial charge in [-0.15, -0.1) is 0 Å². The molecule has 2 heterocycles. The van der Waals surface area contributed by atoms with Crippen LogP contribution in [0.1, 0.15) is 37.8 Å². The van der Waals surface area contributed by atoms with Gasteiger partial charge in [0.15, 0.2) is 0 Å². The van der Waals surface area contributed by atoms with Crippen LogP contribution < -0.4 is 4.72 Å². The van der Waals surface area contributed by atoms with Gasteiger partial charge >= 0.3 is 0 Å². The van der Waals surface area contributed by atoms with Gasteiger partial charge in [0.1, 0.15) is 0 Å². The Morgan fingerprint density at radius 2 is 2.12 bits per heavy atom. The van der Waals surface area contributed by atoms with Gasteiger partial charge in [-0.3, -0.25) is 5.10 Å². The normalized spacial score (nSPS) is 20.3. The molecule has 1 fully saturated rings. The lowest BCUT2D eigenvalue weighted by Gasteiger charge is -2.27. The van der Waals surface area contributed by atoms with Gasteiger partial charge in [-0.2, -0.15) is 22.5 Å². The molecule has 2 rings (SSSR count). The number of aromatic nitrogens is 2. The molecule has 6 nitrogen and oxygen atoms in total. The maximum Gasteiger partial charge on any atom is 0.279 e. The molecule has 0 aromatic carbocycles. The number of aromatic amines is 1. The third-order valence-corrected chi connectivity index (χ3v) is 4.70. The third kappa shape index (κ3) is 3.05. The summed E-state index contributed by atoms with van der Waals surface area (Å²) in [6.07, 6.45) is 6.33. The Labute approximate surface area is 102 Å². The SMILES string of the molecule is CC(NS(=O)(=O)N1CCCCC1)c1cn[nH]c1. The zero-order valence-corrected chi connectivity index (χ0v) is 10.7. The predicted molar refractivity (Wildman–Crippen MR) is 64.5 cm³/mol. The summed E-state index contributed by atoms with van der Waals surface area (Å²) in [5.74, 6) is 0. The maximum atomic E-state index is 12.1. The minimum Gasteiger partial charge on any atom is -0.285 e. The molecule has 7 heteroatoms. The van der Waals surface area contributed by atoms with E-state index in [1.165, 1.54) is 4.31 Å². The van der Waals surface area contributed by atoms with Crippen molar-refractivity contribution < 1.29 is 8.42 Å². The Bertz CT molecular complexity index is 437. The summed E-state index contributed by atoms with van der Waals surface area (Å²) >= 11 is 0. The van der Waals surface area contributed by atoms with E-state index in [1.54, 1.807) is 12.4 Å². The average molecular weight is 258 g/mol. The second-order valence-electron chi connectivity index (χ2n) is 4.34. The van der Waals surface area contributed by atoms with E-state index in [9.17, 15) is 8.42 Å². The van der Waals surface area contributed by atoms with Gasteiger partial charge in [-0.05, 0) is 19.8 Å². The zero-order valence-electron chi connectivity index (χ0n) is 9.89. The van der Waals surface area contributed by atoms with E-state index in [2.05, 4.69) is 14.9 Å². The van der Waals surface area contributed by atoms with Crippen LogP contribution in [0.15, 0.2) is 12.4 Å². The summed E-state index contributed by atoms with van der Waals surface area (Å²) in [4.78, 5) is 0. The second kappa shape index (κ2) is 5.16. The molecular formula is C10H18N4O2S. The van der Waals surface area contributed by atoms with Gasteiger partial charge < -0.3 is 0 Å². The Kier molecular flexibility index (Phi) is 3.80. The lowest BCUT2D eigenvalue weighted by atomic mass is 10.2. The first-order valence-electron chi connectivity index (χ1n) is 5.86. The molecule has 0 saturated carbocycles. The highest BCUT2D eigenvalue weighted by atomic mass is 32.2. The van der Waals surface area contributed by atoms with Crippen LogP contribution in [0.4, 0.5) is 0 Å². The van der Waals surface area contributed by atoms with E-state index in [-0.39, 0.29) is 6.04 Å². The standard InChI is InChI=1S/C10H18N4O2S/c1-9(10-7-11-12-8-10)13-17(15,16)14-5-3-2-4-6-14/h7-9,13H,2-6H2,1H3,(H,11,12). The van der Waals surface area contributed by atoms with Crippen molar-refractivity contribution in [2.45, 2.75) is 32.2 Å². The Morgan fingerprint density at radius 1 is 1.41 bits per heavy atom. The molecule has 0 amide bonds. The highest BCUT2D eigenvalue weighted by Crippen LogP contribution is 2.16. The molecule has 1 atom stereocenters. The van der Waals surface area contributed by atoms with Gasteiger partial charge in [0.25, 0.3) is 10.2 Å². The molecule has 1 unspecified atom stereocenters. The maximum absolute atomic E-state index is 12.1. The summed E-state index contributed by atoms with van der Waals surface area (Å²) < 4.78 is 28.3. The fourth-order valence-electron chi connectivity index (χ4n) is 1.97. The number of rotatable bonds is 4. The molecule has 0 bridgehead atoms. The molecule has 1 aliphatic rings. The summed E-state index contributed by atoms with van der Waals surface area (Å²) in [5.41, 5.74) is 0.839. The van der Waals surface area contributed by atoms with Gasteiger partial charge in [0.2, 0.25) is 0 Å². The number of H-pyrrole nitrogens is 1. The van der Waals surface area contributed by atoms with Gasteiger partial charge in [-0.1, -0.05) is 6.42 Å². The van der Waals surface area contributed by atoms with Crippen molar-refractivity contribution in [3.63, 3.8) is 0 Å². The summed E-state index contributed by atoms with van der Waals surface area (Å²) in [6.45, 7) is 3.05. The topological polar surface area (TPSA) is 78.1 Å². The molecular weight excluding hydrogens is 240 g/mol. The molecule has 0 radical (unpaired) electrons. The molecule has 0 aliphatic carbocycles. The van der Waals surface area contributed by atoms with E-state index >= 15 is 0 Å². The van der Waals surface area contributed by atoms with E-state index in [1.807, 2.05) is 6.92 Å². The Morgan fingerprint density at radius 3 is 2.71 bits per heavy atom. The highest BCUT2D eigenvalue weighted by Gasteiger charge is 2.25. The average Bonchev–Trinajstić information content (AvgIpc) is 2.83. The lowest BCUT2D eigenvalue weighted by molar-refractivity contribution is 0.339. The second-order valence-corrected chi connectivity index (χ2v) is 6.04. The Balaban J connectivity index is 2.01. The van der Waals surface area contributed by atoms with E-state index in [0.717, 1.165) is 24.8 Å². The molecule has 2 N–H and O–H groups in total. The van der Waals surface area contributed by atoms with Crippen LogP contribution in [0.5, 0.6) is 0 Å². The number of piperidine rings is 1. The largest absolute Gasteiger partial charge is 0.285 e. The molecule has 96 valence electrons. The first kappa shape index (κ1) is 12.5. The van der Waals surface area contributed by atoms with E-state index < -0.39 is 10.2 Å². The van der Waals surface area contributed by atoms with Gasteiger partial charge in [0, 0.05) is 30.9 Å². The zero-order chi connectivity index (χ0) is 12.3. The fourth-order valence-corrected chi connectivity index (χ4v) is 3.44. The van der Waals surface area contributed by atoms with Crippen LogP contribution in [0.25, 0.3) is 0 Å². The lowest BCUT2D eigenvalue weighted by Crippen LogP contribution is -2.44. The minimum absolute atomic E-state index is 0.263. The number of nitrogens with one attached hydrogen (secondary N) is 2. The fraction of sp³-hybridized carbons (Fsp3) is 0.700. The van der Waals surface area contributed by atoms with Crippen LogP contribution in [0, 0.1) is 0 Å². The van der Waals surface area contributed by atoms with E-state index in [4.69, 9.17) is 0 Å². The van der Waals surface area contributed by atoms with Crippen LogP contribution in [-0.4, -0.2) is 36.0 Å². The molecule has 1 aromatic rings. The van der Waals surface area contributed by atoms with Crippen molar-refractivity contribution in [1.29, 1.82) is 0 Å². The van der Waals surface area contributed by atoms with E-state index in [0.29, 0.717) is 13.1 Å². The smallest absolute Gasteiger partial charge is 0.279 e. The van der Waals surface area contributed by atoms with Crippen molar-refractivity contribution >= 4 is 10.2 Å². The van der Waals surface area contributed by atoms with Crippen molar-refractivity contribution in [2.24, 2.45) is 0 Å². The van der Waals surface area contributed by atoms with Crippen LogP contribution in [-0.2, 0) is 10.2 Å². The first-order valence-corrected chi connectivity index (χ1v) is 7.30. The summed E-state index contributed by atoms with van der Waals surface area (Å²) in [5, 5.41) is 6.49.